The van der Waals surface area contributed by atoms with Crippen molar-refractivity contribution in [3.63, 3.8) is 0 Å². The lowest BCUT2D eigenvalue weighted by molar-refractivity contribution is -0.122. The van der Waals surface area contributed by atoms with Gasteiger partial charge in [-0.15, -0.1) is 0 Å². The number of amides is 1. The van der Waals surface area contributed by atoms with Crippen molar-refractivity contribution in [3.05, 3.63) is 18.7 Å². The van der Waals surface area contributed by atoms with E-state index in [1.807, 2.05) is 10.8 Å². The largest absolute Gasteiger partial charge is 0.396 e. The molecule has 1 atom stereocenters. The number of rotatable bonds is 10. The van der Waals surface area contributed by atoms with Gasteiger partial charge in [0.15, 0.2) is 0 Å². The summed E-state index contributed by atoms with van der Waals surface area (Å²) in [6, 6.07) is 0.157. The van der Waals surface area contributed by atoms with Gasteiger partial charge in [-0.25, -0.2) is 4.98 Å². The van der Waals surface area contributed by atoms with Crippen molar-refractivity contribution < 1.29 is 9.90 Å². The Morgan fingerprint density at radius 3 is 2.57 bits per heavy atom. The molecule has 0 saturated carbocycles. The van der Waals surface area contributed by atoms with Crippen LogP contribution in [0.5, 0.6) is 0 Å². The van der Waals surface area contributed by atoms with Crippen molar-refractivity contribution in [1.82, 2.24) is 14.9 Å². The minimum Gasteiger partial charge on any atom is -0.396 e. The molecule has 1 aromatic rings. The SMILES string of the molecule is CCCC(CC(=O)NCC(CC)(CC)CO)n1ccnc1. The Balaban J connectivity index is 2.55. The predicted molar refractivity (Wildman–Crippen MR) is 83.9 cm³/mol. The van der Waals surface area contributed by atoms with E-state index in [1.165, 1.54) is 0 Å². The van der Waals surface area contributed by atoms with E-state index in [4.69, 9.17) is 0 Å². The van der Waals surface area contributed by atoms with Gasteiger partial charge in [0, 0.05) is 36.8 Å². The molecular weight excluding hydrogens is 266 g/mol. The molecule has 1 unspecified atom stereocenters. The van der Waals surface area contributed by atoms with Crippen molar-refractivity contribution in [2.45, 2.75) is 58.9 Å². The molecule has 0 aromatic carbocycles. The number of nitrogens with one attached hydrogen (secondary N) is 1. The third-order valence-corrected chi connectivity index (χ3v) is 4.49. The van der Waals surface area contributed by atoms with Crippen LogP contribution in [0, 0.1) is 5.41 Å². The zero-order chi connectivity index (χ0) is 15.7. The summed E-state index contributed by atoms with van der Waals surface area (Å²) in [6.07, 6.45) is 9.58. The Hall–Kier alpha value is -1.36. The van der Waals surface area contributed by atoms with E-state index in [0.717, 1.165) is 25.7 Å². The second-order valence-corrected chi connectivity index (χ2v) is 5.80. The third kappa shape index (κ3) is 5.16. The van der Waals surface area contributed by atoms with Crippen molar-refractivity contribution in [2.75, 3.05) is 13.2 Å². The van der Waals surface area contributed by atoms with E-state index in [9.17, 15) is 9.90 Å². The fourth-order valence-electron chi connectivity index (χ4n) is 2.53. The Kier molecular flexibility index (Phi) is 7.43. The summed E-state index contributed by atoms with van der Waals surface area (Å²) in [4.78, 5) is 16.2. The second-order valence-electron chi connectivity index (χ2n) is 5.80. The summed E-state index contributed by atoms with van der Waals surface area (Å²) in [5.41, 5.74) is -0.190. The third-order valence-electron chi connectivity index (χ3n) is 4.49. The summed E-state index contributed by atoms with van der Waals surface area (Å²) >= 11 is 0. The highest BCUT2D eigenvalue weighted by Crippen LogP contribution is 2.24. The first-order valence-electron chi connectivity index (χ1n) is 7.95. The molecule has 0 bridgehead atoms. The number of carbonyl (C=O) groups is 1. The molecule has 0 radical (unpaired) electrons. The predicted octanol–water partition coefficient (Wildman–Crippen LogP) is 2.53. The van der Waals surface area contributed by atoms with Gasteiger partial charge >= 0.3 is 0 Å². The van der Waals surface area contributed by atoms with Crippen molar-refractivity contribution >= 4 is 5.91 Å². The molecule has 1 amide bonds. The molecule has 1 rings (SSSR count). The maximum Gasteiger partial charge on any atom is 0.222 e. The summed E-state index contributed by atoms with van der Waals surface area (Å²) in [5, 5.41) is 12.5. The van der Waals surface area contributed by atoms with Crippen LogP contribution < -0.4 is 5.32 Å². The normalized spacial score (nSPS) is 13.1. The highest BCUT2D eigenvalue weighted by molar-refractivity contribution is 5.76. The standard InChI is InChI=1S/C16H29N3O2/c1-4-7-14(19-9-8-17-13-19)10-15(21)18-11-16(5-2,6-3)12-20/h8-9,13-14,20H,4-7,10-12H2,1-3H3,(H,18,21). The van der Waals surface area contributed by atoms with Crippen molar-refractivity contribution in [3.8, 4) is 0 Å². The van der Waals surface area contributed by atoms with E-state index in [2.05, 4.69) is 31.1 Å². The Bertz CT molecular complexity index is 391. The van der Waals surface area contributed by atoms with Crippen molar-refractivity contribution in [2.24, 2.45) is 5.41 Å². The van der Waals surface area contributed by atoms with E-state index in [-0.39, 0.29) is 24.0 Å². The highest BCUT2D eigenvalue weighted by atomic mass is 16.3. The quantitative estimate of drug-likeness (QED) is 0.697. The lowest BCUT2D eigenvalue weighted by Crippen LogP contribution is -2.40. The number of hydrogen-bond acceptors (Lipinski definition) is 3. The molecule has 5 heteroatoms. The summed E-state index contributed by atoms with van der Waals surface area (Å²) in [5.74, 6) is 0.0434. The molecule has 5 nitrogen and oxygen atoms in total. The molecule has 120 valence electrons. The van der Waals surface area contributed by atoms with E-state index < -0.39 is 0 Å². The van der Waals surface area contributed by atoms with E-state index in [1.54, 1.807) is 12.5 Å². The second kappa shape index (κ2) is 8.82. The molecule has 1 aromatic heterocycles. The Morgan fingerprint density at radius 1 is 1.38 bits per heavy atom. The molecule has 0 saturated heterocycles. The van der Waals surface area contributed by atoms with Crippen LogP contribution in [0.3, 0.4) is 0 Å². The maximum absolute atomic E-state index is 12.2. The van der Waals surface area contributed by atoms with Gasteiger partial charge in [-0.1, -0.05) is 27.2 Å². The van der Waals surface area contributed by atoms with Crippen LogP contribution in [0.1, 0.15) is 58.9 Å². The lowest BCUT2D eigenvalue weighted by atomic mass is 9.83. The molecule has 0 aliphatic heterocycles. The van der Waals surface area contributed by atoms with Gasteiger partial charge in [0.1, 0.15) is 0 Å². The fourth-order valence-corrected chi connectivity index (χ4v) is 2.53. The zero-order valence-corrected chi connectivity index (χ0v) is 13.5. The first-order chi connectivity index (χ1) is 10.1. The monoisotopic (exact) mass is 295 g/mol. The Labute approximate surface area is 127 Å². The molecule has 1 heterocycles. The molecular formula is C16H29N3O2. The van der Waals surface area contributed by atoms with Gasteiger partial charge in [0.2, 0.25) is 5.91 Å². The van der Waals surface area contributed by atoms with Crippen LogP contribution in [0.4, 0.5) is 0 Å². The molecule has 0 fully saturated rings. The topological polar surface area (TPSA) is 67.2 Å². The van der Waals surface area contributed by atoms with Crippen LogP contribution in [0.15, 0.2) is 18.7 Å². The average molecular weight is 295 g/mol. The van der Waals surface area contributed by atoms with Crippen LogP contribution in [-0.2, 0) is 4.79 Å². The minimum absolute atomic E-state index is 0.0434. The molecule has 0 aliphatic rings. The van der Waals surface area contributed by atoms with Gasteiger partial charge in [-0.05, 0) is 19.3 Å². The van der Waals surface area contributed by atoms with Gasteiger partial charge in [0.25, 0.3) is 0 Å². The van der Waals surface area contributed by atoms with Gasteiger partial charge in [0.05, 0.1) is 12.9 Å². The number of imidazole rings is 1. The zero-order valence-electron chi connectivity index (χ0n) is 13.5. The summed E-state index contributed by atoms with van der Waals surface area (Å²) in [6.45, 7) is 6.87. The van der Waals surface area contributed by atoms with Gasteiger partial charge < -0.3 is 15.0 Å². The first kappa shape index (κ1) is 17.7. The fraction of sp³-hybridized carbons (Fsp3) is 0.750. The number of nitrogens with zero attached hydrogens (tertiary/aromatic N) is 2. The van der Waals surface area contributed by atoms with Crippen molar-refractivity contribution in [1.29, 1.82) is 0 Å². The number of aliphatic hydroxyl groups excluding tert-OH is 1. The molecule has 0 spiro atoms. The van der Waals surface area contributed by atoms with Crippen LogP contribution in [-0.4, -0.2) is 33.7 Å². The highest BCUT2D eigenvalue weighted by Gasteiger charge is 2.26. The van der Waals surface area contributed by atoms with Crippen LogP contribution in [0.25, 0.3) is 0 Å². The number of aliphatic hydroxyl groups is 1. The van der Waals surface area contributed by atoms with Crippen LogP contribution >= 0.6 is 0 Å². The number of aromatic nitrogens is 2. The Morgan fingerprint density at radius 2 is 2.10 bits per heavy atom. The molecule has 21 heavy (non-hydrogen) atoms. The van der Waals surface area contributed by atoms with Gasteiger partial charge in [-0.3, -0.25) is 4.79 Å². The number of hydrogen-bond donors (Lipinski definition) is 2. The van der Waals surface area contributed by atoms with Gasteiger partial charge in [-0.2, -0.15) is 0 Å². The summed E-state index contributed by atoms with van der Waals surface area (Å²) in [7, 11) is 0. The van der Waals surface area contributed by atoms with E-state index >= 15 is 0 Å². The van der Waals surface area contributed by atoms with Crippen LogP contribution in [0.2, 0.25) is 0 Å². The smallest absolute Gasteiger partial charge is 0.222 e. The molecule has 2 N–H and O–H groups in total. The van der Waals surface area contributed by atoms with E-state index in [0.29, 0.717) is 13.0 Å². The minimum atomic E-state index is -0.190. The maximum atomic E-state index is 12.2. The molecule has 0 aliphatic carbocycles. The number of carbonyl (C=O) groups excluding carboxylic acids is 1. The average Bonchev–Trinajstić information content (AvgIpc) is 3.03. The summed E-state index contributed by atoms with van der Waals surface area (Å²) < 4.78 is 2.00. The lowest BCUT2D eigenvalue weighted by Gasteiger charge is -2.30. The first-order valence-corrected chi connectivity index (χ1v) is 7.95.